The number of carbonyl (C=O) groups excluding carboxylic acids is 1. The molecule has 0 spiro atoms. The molecule has 3 aromatic rings. The number of hydrogen-bond donors (Lipinski definition) is 1. The van der Waals surface area contributed by atoms with Gasteiger partial charge < -0.3 is 10.0 Å². The fourth-order valence-electron chi connectivity index (χ4n) is 7.58. The van der Waals surface area contributed by atoms with Crippen LogP contribution in [0.15, 0.2) is 65.6 Å². The van der Waals surface area contributed by atoms with Gasteiger partial charge in [0.05, 0.1) is 0 Å². The summed E-state index contributed by atoms with van der Waals surface area (Å²) in [6.07, 6.45) is 9.50. The van der Waals surface area contributed by atoms with Gasteiger partial charge in [-0.3, -0.25) is 19.3 Å². The van der Waals surface area contributed by atoms with Gasteiger partial charge in [-0.2, -0.15) is 0 Å². The van der Waals surface area contributed by atoms with Gasteiger partial charge in [0.25, 0.3) is 5.91 Å². The summed E-state index contributed by atoms with van der Waals surface area (Å²) in [5, 5.41) is 13.2. The smallest absolute Gasteiger partial charge is 0.277 e. The lowest BCUT2D eigenvalue weighted by atomic mass is 9.81. The monoisotopic (exact) mass is 481 g/mol. The maximum absolute atomic E-state index is 13.8. The quantitative estimate of drug-likeness (QED) is 0.610. The Hall–Kier alpha value is -3.54. The fraction of sp³-hybridized carbons (Fsp3) is 0.400. The molecule has 1 fully saturated rings. The Kier molecular flexibility index (Phi) is 4.82. The predicted octanol–water partition coefficient (Wildman–Crippen LogP) is 4.16. The second-order valence-corrected chi connectivity index (χ2v) is 11.0. The number of aromatic hydroxyl groups is 1. The fourth-order valence-corrected chi connectivity index (χ4v) is 7.58. The first-order valence-electron chi connectivity index (χ1n) is 13.3. The largest absolute Gasteiger partial charge is 0.502 e. The first-order chi connectivity index (χ1) is 17.6. The molecule has 0 saturated heterocycles. The number of rotatable bonds is 3. The van der Waals surface area contributed by atoms with Crippen molar-refractivity contribution < 1.29 is 9.90 Å². The Morgan fingerprint density at radius 3 is 2.17 bits per heavy atom. The maximum Gasteiger partial charge on any atom is 0.277 e. The van der Waals surface area contributed by atoms with Crippen LogP contribution in [0.4, 0.5) is 0 Å². The number of pyridine rings is 1. The van der Waals surface area contributed by atoms with E-state index >= 15 is 0 Å². The minimum atomic E-state index is -0.512. The third kappa shape index (κ3) is 2.90. The molecule has 2 heterocycles. The molecule has 0 radical (unpaired) electrons. The average Bonchev–Trinajstić information content (AvgIpc) is 3.39. The summed E-state index contributed by atoms with van der Waals surface area (Å²) in [7, 11) is 0. The van der Waals surface area contributed by atoms with Crippen molar-refractivity contribution in [2.24, 2.45) is 11.8 Å². The van der Waals surface area contributed by atoms with Crippen LogP contribution < -0.4 is 10.4 Å². The van der Waals surface area contributed by atoms with E-state index in [0.717, 1.165) is 25.7 Å². The highest BCUT2D eigenvalue weighted by atomic mass is 16.3. The number of amides is 1. The Bertz CT molecular complexity index is 1370. The van der Waals surface area contributed by atoms with Crippen molar-refractivity contribution in [2.45, 2.75) is 50.5 Å². The molecule has 7 rings (SSSR count). The Morgan fingerprint density at radius 1 is 0.861 bits per heavy atom. The van der Waals surface area contributed by atoms with Crippen LogP contribution in [0, 0.1) is 11.8 Å². The number of benzene rings is 2. The molecule has 1 saturated carbocycles. The second kappa shape index (κ2) is 7.99. The summed E-state index contributed by atoms with van der Waals surface area (Å²) in [5.41, 5.74) is 4.29. The van der Waals surface area contributed by atoms with Gasteiger partial charge in [-0.05, 0) is 53.9 Å². The standard InChI is InChI=1S/C30H31N3O3/c34-26-14-15-32-27(28(26)35)29(36)31(18-20-8-2-1-3-9-20)19-33(32)30-23(16-21-10-4-6-12-24(21)30)17-22-11-5-7-13-25(22)30/h4-7,10-15,20,23,35H,1-3,8-9,16-19H2. The minimum Gasteiger partial charge on any atom is -0.502 e. The van der Waals surface area contributed by atoms with Crippen LogP contribution in [-0.4, -0.2) is 33.8 Å². The molecule has 0 bridgehead atoms. The Morgan fingerprint density at radius 2 is 1.50 bits per heavy atom. The number of nitrogens with zero attached hydrogens (tertiary/aromatic N) is 3. The molecule has 36 heavy (non-hydrogen) atoms. The summed E-state index contributed by atoms with van der Waals surface area (Å²) >= 11 is 0. The normalized spacial score (nSPS) is 24.9. The van der Waals surface area contributed by atoms with Crippen LogP contribution in [0.2, 0.25) is 0 Å². The topological polar surface area (TPSA) is 65.8 Å². The molecule has 2 aromatic carbocycles. The molecular formula is C30H31N3O3. The van der Waals surface area contributed by atoms with Crippen LogP contribution >= 0.6 is 0 Å². The average molecular weight is 482 g/mol. The first-order valence-corrected chi connectivity index (χ1v) is 13.3. The summed E-state index contributed by atoms with van der Waals surface area (Å²) in [6.45, 7) is 1.08. The molecule has 1 amide bonds. The third-order valence-electron chi connectivity index (χ3n) is 9.10. The van der Waals surface area contributed by atoms with E-state index in [-0.39, 0.29) is 11.6 Å². The molecule has 1 N–H and O–H groups in total. The van der Waals surface area contributed by atoms with Gasteiger partial charge in [-0.1, -0.05) is 67.8 Å². The van der Waals surface area contributed by atoms with Gasteiger partial charge in [0.2, 0.25) is 5.43 Å². The van der Waals surface area contributed by atoms with E-state index in [2.05, 4.69) is 53.5 Å². The minimum absolute atomic E-state index is 0.0893. The third-order valence-corrected chi connectivity index (χ3v) is 9.10. The lowest BCUT2D eigenvalue weighted by Crippen LogP contribution is -2.63. The van der Waals surface area contributed by atoms with E-state index in [0.29, 0.717) is 25.0 Å². The molecule has 4 aliphatic rings. The lowest BCUT2D eigenvalue weighted by Gasteiger charge is -2.51. The second-order valence-electron chi connectivity index (χ2n) is 11.0. The molecule has 184 valence electrons. The van der Waals surface area contributed by atoms with E-state index < -0.39 is 16.7 Å². The van der Waals surface area contributed by atoms with Crippen molar-refractivity contribution in [3.63, 3.8) is 0 Å². The molecule has 1 aliphatic heterocycles. The Labute approximate surface area is 210 Å². The zero-order valence-corrected chi connectivity index (χ0v) is 20.4. The highest BCUT2D eigenvalue weighted by Gasteiger charge is 2.58. The van der Waals surface area contributed by atoms with E-state index in [1.54, 1.807) is 10.9 Å². The summed E-state index contributed by atoms with van der Waals surface area (Å²) in [5.74, 6) is 0.0454. The molecule has 6 nitrogen and oxygen atoms in total. The SMILES string of the molecule is O=C1c2c(O)c(=O)ccn2N(C23c4ccccc4CC2Cc2ccccc23)CN1CC1CCCCC1. The van der Waals surface area contributed by atoms with Gasteiger partial charge in [0, 0.05) is 24.7 Å². The highest BCUT2D eigenvalue weighted by molar-refractivity contribution is 5.96. The molecule has 0 unspecified atom stereocenters. The van der Waals surface area contributed by atoms with Crippen molar-refractivity contribution in [2.75, 3.05) is 18.2 Å². The van der Waals surface area contributed by atoms with Crippen molar-refractivity contribution in [3.8, 4) is 5.75 Å². The van der Waals surface area contributed by atoms with Crippen LogP contribution in [-0.2, 0) is 18.4 Å². The van der Waals surface area contributed by atoms with Crippen molar-refractivity contribution >= 4 is 5.91 Å². The number of hydrogen-bond acceptors (Lipinski definition) is 4. The lowest BCUT2D eigenvalue weighted by molar-refractivity contribution is 0.0596. The van der Waals surface area contributed by atoms with Crippen molar-refractivity contribution in [1.29, 1.82) is 0 Å². The highest BCUT2D eigenvalue weighted by Crippen LogP contribution is 2.56. The van der Waals surface area contributed by atoms with E-state index in [4.69, 9.17) is 0 Å². The first kappa shape index (κ1) is 21.7. The van der Waals surface area contributed by atoms with Crippen LogP contribution in [0.25, 0.3) is 0 Å². The van der Waals surface area contributed by atoms with E-state index in [1.165, 1.54) is 47.6 Å². The van der Waals surface area contributed by atoms with Crippen LogP contribution in [0.5, 0.6) is 5.75 Å². The molecule has 6 heteroatoms. The van der Waals surface area contributed by atoms with Crippen molar-refractivity contribution in [3.05, 3.63) is 99.0 Å². The maximum atomic E-state index is 13.8. The molecule has 3 aliphatic carbocycles. The summed E-state index contributed by atoms with van der Waals surface area (Å²) < 4.78 is 1.79. The number of aromatic nitrogens is 1. The number of carbonyl (C=O) groups is 1. The molecule has 1 aromatic heterocycles. The molecule has 0 atom stereocenters. The van der Waals surface area contributed by atoms with E-state index in [9.17, 15) is 14.7 Å². The van der Waals surface area contributed by atoms with E-state index in [1.807, 2.05) is 4.90 Å². The van der Waals surface area contributed by atoms with Gasteiger partial charge in [-0.15, -0.1) is 0 Å². The zero-order valence-electron chi connectivity index (χ0n) is 20.4. The predicted molar refractivity (Wildman–Crippen MR) is 138 cm³/mol. The summed E-state index contributed by atoms with van der Waals surface area (Å²) in [6, 6.07) is 18.7. The number of fused-ring (bicyclic) bond motifs is 6. The molecular weight excluding hydrogens is 450 g/mol. The zero-order chi connectivity index (χ0) is 24.4. The van der Waals surface area contributed by atoms with Crippen molar-refractivity contribution in [1.82, 2.24) is 9.58 Å². The van der Waals surface area contributed by atoms with Gasteiger partial charge in [0.15, 0.2) is 11.4 Å². The Balaban J connectivity index is 1.45. The van der Waals surface area contributed by atoms with Crippen LogP contribution in [0.3, 0.4) is 0 Å². The van der Waals surface area contributed by atoms with Gasteiger partial charge >= 0.3 is 0 Å². The van der Waals surface area contributed by atoms with Gasteiger partial charge in [0.1, 0.15) is 12.2 Å². The summed E-state index contributed by atoms with van der Waals surface area (Å²) in [4.78, 5) is 28.2. The van der Waals surface area contributed by atoms with Crippen LogP contribution in [0.1, 0.15) is 64.8 Å². The van der Waals surface area contributed by atoms with Gasteiger partial charge in [-0.25, -0.2) is 0 Å².